The molecule has 2 heterocycles. The van der Waals surface area contributed by atoms with Crippen molar-refractivity contribution < 1.29 is 0 Å². The second kappa shape index (κ2) is 9.92. The molecule has 0 bridgehead atoms. The standard InChI is InChI=1S/C34H21Br2N3/c35-28-19-27(20-29(36)21-28)23-10-13-24(14-11-23)33-38-32-31(26-15-12-22-6-4-5-7-25(22)18-26)16-17-37-34(32)39(33)30-8-2-1-3-9-30/h1-21H. The number of hydrogen-bond donors (Lipinski definition) is 0. The van der Waals surface area contributed by atoms with E-state index in [0.717, 1.165) is 59.4 Å². The number of nitrogens with zero attached hydrogens (tertiary/aromatic N) is 3. The first kappa shape index (κ1) is 24.0. The molecule has 0 amide bonds. The predicted octanol–water partition coefficient (Wildman–Crippen LogP) is 10.1. The van der Waals surface area contributed by atoms with Crippen LogP contribution in [0.1, 0.15) is 0 Å². The molecule has 0 aliphatic carbocycles. The summed E-state index contributed by atoms with van der Waals surface area (Å²) in [5.74, 6) is 0.860. The van der Waals surface area contributed by atoms with Crippen LogP contribution in [-0.4, -0.2) is 14.5 Å². The lowest BCUT2D eigenvalue weighted by Crippen LogP contribution is -1.98. The minimum atomic E-state index is 0.835. The van der Waals surface area contributed by atoms with Gasteiger partial charge in [0.15, 0.2) is 5.65 Å². The van der Waals surface area contributed by atoms with E-state index < -0.39 is 0 Å². The molecule has 0 saturated heterocycles. The van der Waals surface area contributed by atoms with Gasteiger partial charge in [0, 0.05) is 32.0 Å². The molecule has 0 atom stereocenters. The minimum Gasteiger partial charge on any atom is -0.277 e. The second-order valence-corrected chi connectivity index (χ2v) is 11.3. The number of benzene rings is 5. The molecular weight excluding hydrogens is 610 g/mol. The van der Waals surface area contributed by atoms with Crippen molar-refractivity contribution in [1.82, 2.24) is 14.5 Å². The van der Waals surface area contributed by atoms with Crippen LogP contribution in [0.4, 0.5) is 0 Å². The summed E-state index contributed by atoms with van der Waals surface area (Å²) in [6, 6.07) is 42.3. The van der Waals surface area contributed by atoms with Gasteiger partial charge in [-0.05, 0) is 69.9 Å². The zero-order valence-electron chi connectivity index (χ0n) is 20.7. The smallest absolute Gasteiger partial charge is 0.165 e. The Morgan fingerprint density at radius 2 is 1.21 bits per heavy atom. The third-order valence-corrected chi connectivity index (χ3v) is 7.88. The Bertz CT molecular complexity index is 1960. The van der Waals surface area contributed by atoms with Gasteiger partial charge in [0.1, 0.15) is 11.3 Å². The Balaban J connectivity index is 1.42. The number of para-hydroxylation sites is 1. The summed E-state index contributed by atoms with van der Waals surface area (Å²) in [7, 11) is 0. The van der Waals surface area contributed by atoms with E-state index in [1.54, 1.807) is 0 Å². The van der Waals surface area contributed by atoms with E-state index in [2.05, 4.69) is 133 Å². The molecule has 0 N–H and O–H groups in total. The van der Waals surface area contributed by atoms with Crippen LogP contribution in [0, 0.1) is 0 Å². The Morgan fingerprint density at radius 1 is 0.538 bits per heavy atom. The lowest BCUT2D eigenvalue weighted by Gasteiger charge is -2.10. The van der Waals surface area contributed by atoms with E-state index in [1.807, 2.05) is 30.5 Å². The van der Waals surface area contributed by atoms with Crippen LogP contribution in [0.5, 0.6) is 0 Å². The van der Waals surface area contributed by atoms with Crippen LogP contribution in [0.2, 0.25) is 0 Å². The molecule has 7 aromatic rings. The molecule has 186 valence electrons. The van der Waals surface area contributed by atoms with Gasteiger partial charge in [0.25, 0.3) is 0 Å². The average Bonchev–Trinajstić information content (AvgIpc) is 3.37. The third kappa shape index (κ3) is 4.48. The number of aromatic nitrogens is 3. The van der Waals surface area contributed by atoms with Crippen LogP contribution in [-0.2, 0) is 0 Å². The summed E-state index contributed by atoms with van der Waals surface area (Å²) in [4.78, 5) is 10.1. The first-order valence-electron chi connectivity index (χ1n) is 12.6. The van der Waals surface area contributed by atoms with E-state index in [4.69, 9.17) is 9.97 Å². The molecule has 0 aliphatic heterocycles. The molecule has 3 nitrogen and oxygen atoms in total. The van der Waals surface area contributed by atoms with Crippen molar-refractivity contribution in [3.8, 4) is 39.3 Å². The highest BCUT2D eigenvalue weighted by Crippen LogP contribution is 2.35. The van der Waals surface area contributed by atoms with E-state index in [0.29, 0.717) is 0 Å². The molecule has 0 radical (unpaired) electrons. The molecule has 7 rings (SSSR count). The zero-order chi connectivity index (χ0) is 26.3. The Hall–Kier alpha value is -4.06. The fraction of sp³-hybridized carbons (Fsp3) is 0. The number of rotatable bonds is 4. The summed E-state index contributed by atoms with van der Waals surface area (Å²) in [5, 5.41) is 2.43. The molecule has 0 spiro atoms. The molecule has 39 heavy (non-hydrogen) atoms. The van der Waals surface area contributed by atoms with E-state index in [9.17, 15) is 0 Å². The van der Waals surface area contributed by atoms with Crippen LogP contribution < -0.4 is 0 Å². The van der Waals surface area contributed by atoms with Crippen molar-refractivity contribution in [1.29, 1.82) is 0 Å². The maximum absolute atomic E-state index is 5.23. The lowest BCUT2D eigenvalue weighted by molar-refractivity contribution is 1.08. The summed E-state index contributed by atoms with van der Waals surface area (Å²) in [6.45, 7) is 0. The highest BCUT2D eigenvalue weighted by Gasteiger charge is 2.19. The number of pyridine rings is 1. The predicted molar refractivity (Wildman–Crippen MR) is 168 cm³/mol. The van der Waals surface area contributed by atoms with Gasteiger partial charge >= 0.3 is 0 Å². The quantitative estimate of drug-likeness (QED) is 0.194. The lowest BCUT2D eigenvalue weighted by atomic mass is 10.0. The molecule has 5 aromatic carbocycles. The van der Waals surface area contributed by atoms with Crippen molar-refractivity contribution >= 4 is 53.8 Å². The van der Waals surface area contributed by atoms with Crippen LogP contribution in [0.3, 0.4) is 0 Å². The summed E-state index contributed by atoms with van der Waals surface area (Å²) < 4.78 is 4.23. The Kier molecular flexibility index (Phi) is 6.11. The highest BCUT2D eigenvalue weighted by molar-refractivity contribution is 9.11. The summed E-state index contributed by atoms with van der Waals surface area (Å²) in [6.07, 6.45) is 1.88. The van der Waals surface area contributed by atoms with Gasteiger partial charge in [-0.1, -0.05) is 111 Å². The van der Waals surface area contributed by atoms with Gasteiger partial charge in [-0.25, -0.2) is 9.97 Å². The second-order valence-electron chi connectivity index (χ2n) is 9.43. The first-order chi connectivity index (χ1) is 19.1. The fourth-order valence-electron chi connectivity index (χ4n) is 5.11. The molecule has 2 aromatic heterocycles. The van der Waals surface area contributed by atoms with Gasteiger partial charge in [-0.3, -0.25) is 4.57 Å². The van der Waals surface area contributed by atoms with Crippen molar-refractivity contribution in [2.24, 2.45) is 0 Å². The number of hydrogen-bond acceptors (Lipinski definition) is 2. The fourth-order valence-corrected chi connectivity index (χ4v) is 6.40. The van der Waals surface area contributed by atoms with Crippen LogP contribution in [0.15, 0.2) is 136 Å². The van der Waals surface area contributed by atoms with E-state index in [-0.39, 0.29) is 0 Å². The Morgan fingerprint density at radius 3 is 1.97 bits per heavy atom. The van der Waals surface area contributed by atoms with Crippen LogP contribution in [0.25, 0.3) is 61.3 Å². The van der Waals surface area contributed by atoms with Crippen molar-refractivity contribution in [3.63, 3.8) is 0 Å². The minimum absolute atomic E-state index is 0.835. The largest absolute Gasteiger partial charge is 0.277 e. The molecule has 0 unspecified atom stereocenters. The van der Waals surface area contributed by atoms with Crippen LogP contribution >= 0.6 is 31.9 Å². The zero-order valence-corrected chi connectivity index (χ0v) is 23.9. The monoisotopic (exact) mass is 629 g/mol. The number of fused-ring (bicyclic) bond motifs is 2. The van der Waals surface area contributed by atoms with Gasteiger partial charge in [0.05, 0.1) is 0 Å². The van der Waals surface area contributed by atoms with E-state index in [1.165, 1.54) is 10.8 Å². The average molecular weight is 631 g/mol. The maximum Gasteiger partial charge on any atom is 0.165 e. The topological polar surface area (TPSA) is 30.7 Å². The van der Waals surface area contributed by atoms with Gasteiger partial charge in [-0.2, -0.15) is 0 Å². The van der Waals surface area contributed by atoms with Gasteiger partial charge in [0.2, 0.25) is 0 Å². The summed E-state index contributed by atoms with van der Waals surface area (Å²) in [5.41, 5.74) is 8.24. The molecule has 0 fully saturated rings. The third-order valence-electron chi connectivity index (χ3n) is 6.96. The first-order valence-corrected chi connectivity index (χ1v) is 14.2. The highest BCUT2D eigenvalue weighted by atomic mass is 79.9. The normalized spacial score (nSPS) is 11.3. The number of halogens is 2. The van der Waals surface area contributed by atoms with Crippen molar-refractivity contribution in [2.75, 3.05) is 0 Å². The number of imidazole rings is 1. The molecule has 0 aliphatic rings. The maximum atomic E-state index is 5.23. The Labute approximate surface area is 243 Å². The molecular formula is C34H21Br2N3. The van der Waals surface area contributed by atoms with Crippen molar-refractivity contribution in [2.45, 2.75) is 0 Å². The van der Waals surface area contributed by atoms with Gasteiger partial charge in [-0.15, -0.1) is 0 Å². The molecule has 0 saturated carbocycles. The van der Waals surface area contributed by atoms with E-state index >= 15 is 0 Å². The summed E-state index contributed by atoms with van der Waals surface area (Å²) >= 11 is 7.21. The molecule has 5 heteroatoms. The SMILES string of the molecule is Brc1cc(Br)cc(-c2ccc(-c3nc4c(-c5ccc6ccccc6c5)ccnc4n3-c3ccccc3)cc2)c1. The van der Waals surface area contributed by atoms with Gasteiger partial charge < -0.3 is 0 Å². The van der Waals surface area contributed by atoms with Crippen molar-refractivity contribution in [3.05, 3.63) is 136 Å².